The van der Waals surface area contributed by atoms with E-state index in [4.69, 9.17) is 9.72 Å². The van der Waals surface area contributed by atoms with Crippen molar-refractivity contribution in [3.05, 3.63) is 66.5 Å². The van der Waals surface area contributed by atoms with E-state index in [1.807, 2.05) is 23.0 Å². The predicted molar refractivity (Wildman–Crippen MR) is 147 cm³/mol. The third-order valence-electron chi connectivity index (χ3n) is 7.72. The summed E-state index contributed by atoms with van der Waals surface area (Å²) in [5.41, 5.74) is 0.405. The van der Waals surface area contributed by atoms with Crippen LogP contribution in [0.4, 0.5) is 5.82 Å². The third-order valence-corrected chi connectivity index (χ3v) is 9.07. The van der Waals surface area contributed by atoms with Crippen LogP contribution in [0, 0.1) is 11.3 Å². The van der Waals surface area contributed by atoms with Crippen LogP contribution in [-0.4, -0.2) is 42.6 Å². The molecule has 1 aliphatic heterocycles. The number of sulfonamides is 1. The molecule has 0 unspecified atom stereocenters. The van der Waals surface area contributed by atoms with Gasteiger partial charge in [0.1, 0.15) is 17.4 Å². The van der Waals surface area contributed by atoms with E-state index in [2.05, 4.69) is 37.3 Å². The van der Waals surface area contributed by atoms with Gasteiger partial charge in [-0.15, -0.1) is 0 Å². The number of carbonyl (C=O) groups is 1. The third kappa shape index (κ3) is 5.57. The summed E-state index contributed by atoms with van der Waals surface area (Å²) in [4.78, 5) is 20.4. The Morgan fingerprint density at radius 3 is 2.50 bits per heavy atom. The Kier molecular flexibility index (Phi) is 6.75. The second kappa shape index (κ2) is 9.76. The number of hydrogen-bond acceptors (Lipinski definition) is 6. The summed E-state index contributed by atoms with van der Waals surface area (Å²) >= 11 is 0. The Balaban J connectivity index is 1.44. The average Bonchev–Trinajstić information content (AvgIpc) is 3.29. The van der Waals surface area contributed by atoms with Crippen LogP contribution in [0.15, 0.2) is 65.8 Å². The second-order valence-electron chi connectivity index (χ2n) is 11.7. The number of hydrogen-bond donors (Lipinski definition) is 1. The molecule has 9 heteroatoms. The smallest absolute Gasteiger partial charge is 0.268 e. The van der Waals surface area contributed by atoms with Crippen molar-refractivity contribution in [2.75, 3.05) is 18.1 Å². The summed E-state index contributed by atoms with van der Waals surface area (Å²) in [6.45, 7) is 10.1. The fourth-order valence-corrected chi connectivity index (χ4v) is 6.23. The maximum absolute atomic E-state index is 13.4. The molecule has 2 aliphatic rings. The van der Waals surface area contributed by atoms with E-state index in [1.165, 1.54) is 25.0 Å². The topological polar surface area (TPSA) is 93.5 Å². The van der Waals surface area contributed by atoms with Crippen molar-refractivity contribution in [1.82, 2.24) is 14.3 Å². The first-order valence-electron chi connectivity index (χ1n) is 13.2. The zero-order valence-corrected chi connectivity index (χ0v) is 23.3. The molecule has 202 valence electrons. The lowest BCUT2D eigenvalue weighted by Gasteiger charge is -2.34. The molecule has 5 rings (SSSR count). The van der Waals surface area contributed by atoms with E-state index in [-0.39, 0.29) is 16.0 Å². The Hall–Kier alpha value is -3.33. The van der Waals surface area contributed by atoms with E-state index >= 15 is 0 Å². The van der Waals surface area contributed by atoms with Crippen molar-refractivity contribution in [2.24, 2.45) is 11.3 Å². The van der Waals surface area contributed by atoms with Crippen molar-refractivity contribution < 1.29 is 17.9 Å². The molecule has 3 aromatic rings. The predicted octanol–water partition coefficient (Wildman–Crippen LogP) is 5.18. The molecule has 1 N–H and O–H groups in total. The Bertz CT molecular complexity index is 1430. The molecule has 1 amide bonds. The largest absolute Gasteiger partial charge is 0.492 e. The minimum absolute atomic E-state index is 0.0325. The van der Waals surface area contributed by atoms with Crippen LogP contribution in [0.5, 0.6) is 5.75 Å². The summed E-state index contributed by atoms with van der Waals surface area (Å²) in [5, 5.41) is 0. The lowest BCUT2D eigenvalue weighted by molar-refractivity contribution is 0.0981. The molecular formula is C29H36N4O4S. The number of aromatic nitrogens is 2. The summed E-state index contributed by atoms with van der Waals surface area (Å²) in [5.74, 6) is 1.56. The number of pyridine rings is 1. The molecule has 0 spiro atoms. The molecule has 0 bridgehead atoms. The maximum Gasteiger partial charge on any atom is 0.268 e. The van der Waals surface area contributed by atoms with Crippen LogP contribution in [0.2, 0.25) is 0 Å². The van der Waals surface area contributed by atoms with Crippen molar-refractivity contribution in [1.29, 1.82) is 0 Å². The first-order valence-corrected chi connectivity index (χ1v) is 14.7. The number of carbonyl (C=O) groups excluding carboxylic acids is 1. The zero-order valence-electron chi connectivity index (χ0n) is 22.5. The molecule has 8 nitrogen and oxygen atoms in total. The number of amides is 1. The summed E-state index contributed by atoms with van der Waals surface area (Å²) in [6.07, 6.45) is 8.28. The van der Waals surface area contributed by atoms with Gasteiger partial charge in [0.25, 0.3) is 15.9 Å². The summed E-state index contributed by atoms with van der Waals surface area (Å²) in [6, 6.07) is 13.2. The monoisotopic (exact) mass is 536 g/mol. The summed E-state index contributed by atoms with van der Waals surface area (Å²) in [7, 11) is -4.03. The molecule has 38 heavy (non-hydrogen) atoms. The Morgan fingerprint density at radius 2 is 1.84 bits per heavy atom. The lowest BCUT2D eigenvalue weighted by Crippen LogP contribution is -2.41. The van der Waals surface area contributed by atoms with Gasteiger partial charge in [0, 0.05) is 18.3 Å². The van der Waals surface area contributed by atoms with Gasteiger partial charge in [-0.2, -0.15) is 0 Å². The van der Waals surface area contributed by atoms with Crippen LogP contribution in [0.25, 0.3) is 5.82 Å². The average molecular weight is 537 g/mol. The highest BCUT2D eigenvalue weighted by atomic mass is 32.2. The first-order chi connectivity index (χ1) is 18.0. The van der Waals surface area contributed by atoms with Crippen molar-refractivity contribution in [3.8, 4) is 11.6 Å². The number of nitrogens with zero attached hydrogens (tertiary/aromatic N) is 3. The van der Waals surface area contributed by atoms with Gasteiger partial charge >= 0.3 is 0 Å². The van der Waals surface area contributed by atoms with Crippen LogP contribution >= 0.6 is 0 Å². The molecule has 1 saturated carbocycles. The molecule has 3 heterocycles. The fourth-order valence-electron chi connectivity index (χ4n) is 5.24. The highest BCUT2D eigenvalue weighted by Crippen LogP contribution is 2.48. The van der Waals surface area contributed by atoms with Crippen molar-refractivity contribution in [3.63, 3.8) is 0 Å². The van der Waals surface area contributed by atoms with Gasteiger partial charge in [0.2, 0.25) is 0 Å². The normalized spacial score (nSPS) is 19.8. The van der Waals surface area contributed by atoms with Crippen molar-refractivity contribution >= 4 is 21.7 Å². The minimum Gasteiger partial charge on any atom is -0.492 e. The molecule has 1 atom stereocenters. The van der Waals surface area contributed by atoms with Gasteiger partial charge in [0.15, 0.2) is 0 Å². The highest BCUT2D eigenvalue weighted by molar-refractivity contribution is 7.90. The second-order valence-corrected chi connectivity index (χ2v) is 13.4. The van der Waals surface area contributed by atoms with Gasteiger partial charge < -0.3 is 14.2 Å². The Morgan fingerprint density at radius 1 is 1.11 bits per heavy atom. The van der Waals surface area contributed by atoms with Gasteiger partial charge in [0.05, 0.1) is 23.3 Å². The molecular weight excluding hydrogens is 500 g/mol. The van der Waals surface area contributed by atoms with E-state index in [0.29, 0.717) is 36.1 Å². The number of benzene rings is 1. The highest BCUT2D eigenvalue weighted by Gasteiger charge is 2.39. The molecule has 0 radical (unpaired) electrons. The maximum atomic E-state index is 13.4. The molecule has 2 aromatic heterocycles. The Labute approximate surface area is 225 Å². The van der Waals surface area contributed by atoms with Crippen LogP contribution in [-0.2, 0) is 10.0 Å². The lowest BCUT2D eigenvalue weighted by atomic mass is 9.97. The van der Waals surface area contributed by atoms with E-state index < -0.39 is 15.9 Å². The quantitative estimate of drug-likeness (QED) is 0.405. The van der Waals surface area contributed by atoms with Crippen LogP contribution < -0.4 is 14.4 Å². The number of rotatable bonds is 9. The molecule has 1 saturated heterocycles. The van der Waals surface area contributed by atoms with Crippen LogP contribution in [0.1, 0.15) is 63.7 Å². The van der Waals surface area contributed by atoms with Gasteiger partial charge in [-0.1, -0.05) is 32.0 Å². The van der Waals surface area contributed by atoms with Gasteiger partial charge in [-0.25, -0.2) is 18.1 Å². The van der Waals surface area contributed by atoms with E-state index in [9.17, 15) is 13.2 Å². The molecule has 1 aliphatic carbocycles. The summed E-state index contributed by atoms with van der Waals surface area (Å²) < 4.78 is 35.8. The van der Waals surface area contributed by atoms with Crippen molar-refractivity contribution in [2.45, 2.75) is 63.8 Å². The minimum atomic E-state index is -4.03. The SMILES string of the molecule is C[C@@H]1CN(c2nc(-n3ccc(OCCC4(C)CC4)c3)ccc2C(=O)NS(=O)(=O)c2ccccc2)C(C)(C)C1. The van der Waals surface area contributed by atoms with Crippen LogP contribution in [0.3, 0.4) is 0 Å². The van der Waals surface area contributed by atoms with E-state index in [0.717, 1.165) is 18.6 Å². The fraction of sp³-hybridized carbons (Fsp3) is 0.448. The molecule has 2 fully saturated rings. The van der Waals surface area contributed by atoms with Gasteiger partial charge in [-0.05, 0) is 81.2 Å². The van der Waals surface area contributed by atoms with Gasteiger partial charge in [-0.3, -0.25) is 4.79 Å². The number of ether oxygens (including phenoxy) is 1. The molecule has 1 aromatic carbocycles. The number of anilines is 1. The number of nitrogens with one attached hydrogen (secondary N) is 1. The first kappa shape index (κ1) is 26.3. The standard InChI is InChI=1S/C29H36N4O4S/c1-21-18-28(2,3)33(19-21)26-24(27(34)31-38(35,36)23-8-6-5-7-9-23)10-11-25(30-26)32-16-12-22(20-32)37-17-15-29(4)13-14-29/h5-12,16,20-21H,13-15,17-19H2,1-4H3,(H,31,34)/t21-/m0/s1. The van der Waals surface area contributed by atoms with E-state index in [1.54, 1.807) is 30.3 Å². The zero-order chi connectivity index (χ0) is 27.1.